The maximum Gasteiger partial charge on any atom is 0.157 e. The van der Waals surface area contributed by atoms with Crippen molar-refractivity contribution in [1.82, 2.24) is 0 Å². The molecule has 0 aromatic carbocycles. The van der Waals surface area contributed by atoms with Crippen molar-refractivity contribution in [3.63, 3.8) is 0 Å². The van der Waals surface area contributed by atoms with Gasteiger partial charge in [0.1, 0.15) is 0 Å². The summed E-state index contributed by atoms with van der Waals surface area (Å²) in [6.45, 7) is 10.7. The second-order valence-electron chi connectivity index (χ2n) is 5.59. The largest absolute Gasteiger partial charge is 0.295 e. The van der Waals surface area contributed by atoms with Gasteiger partial charge in [-0.25, -0.2) is 0 Å². The maximum atomic E-state index is 11.6. The molecule has 1 aliphatic carbocycles. The molecule has 0 aromatic heterocycles. The van der Waals surface area contributed by atoms with Crippen molar-refractivity contribution >= 4 is 5.78 Å². The standard InChI is InChI=1S/C15H24O/c1-6-14(16)12(3)10-13-11(2)8-7-9-15(13,4)5/h7,9-11,13H,6,8H2,1-5H3/b12-10+. The fourth-order valence-corrected chi connectivity index (χ4v) is 2.60. The highest BCUT2D eigenvalue weighted by Gasteiger charge is 2.32. The van der Waals surface area contributed by atoms with Crippen molar-refractivity contribution in [1.29, 1.82) is 0 Å². The molecule has 0 N–H and O–H groups in total. The first-order chi connectivity index (χ1) is 7.38. The summed E-state index contributed by atoms with van der Waals surface area (Å²) >= 11 is 0. The average Bonchev–Trinajstić information content (AvgIpc) is 2.21. The van der Waals surface area contributed by atoms with Gasteiger partial charge in [0.25, 0.3) is 0 Å². The van der Waals surface area contributed by atoms with Crippen molar-refractivity contribution in [2.75, 3.05) is 0 Å². The summed E-state index contributed by atoms with van der Waals surface area (Å²) in [4.78, 5) is 11.6. The predicted molar refractivity (Wildman–Crippen MR) is 69.2 cm³/mol. The van der Waals surface area contributed by atoms with E-state index in [0.717, 1.165) is 12.0 Å². The molecule has 16 heavy (non-hydrogen) atoms. The van der Waals surface area contributed by atoms with E-state index in [2.05, 4.69) is 39.0 Å². The summed E-state index contributed by atoms with van der Waals surface area (Å²) in [5.41, 5.74) is 1.11. The smallest absolute Gasteiger partial charge is 0.157 e. The van der Waals surface area contributed by atoms with Crippen LogP contribution in [0.1, 0.15) is 47.5 Å². The van der Waals surface area contributed by atoms with Crippen LogP contribution in [0.5, 0.6) is 0 Å². The third-order valence-corrected chi connectivity index (χ3v) is 3.72. The van der Waals surface area contributed by atoms with E-state index in [0.29, 0.717) is 18.3 Å². The Morgan fingerprint density at radius 2 is 2.12 bits per heavy atom. The fourth-order valence-electron chi connectivity index (χ4n) is 2.60. The van der Waals surface area contributed by atoms with Crippen LogP contribution in [-0.2, 0) is 4.79 Å². The number of carbonyl (C=O) groups is 1. The molecule has 0 amide bonds. The van der Waals surface area contributed by atoms with Crippen LogP contribution in [0.3, 0.4) is 0 Å². The quantitative estimate of drug-likeness (QED) is 0.516. The lowest BCUT2D eigenvalue weighted by molar-refractivity contribution is -0.115. The van der Waals surface area contributed by atoms with Gasteiger partial charge in [-0.05, 0) is 36.2 Å². The first kappa shape index (κ1) is 13.2. The van der Waals surface area contributed by atoms with Crippen LogP contribution in [0.4, 0.5) is 0 Å². The molecule has 0 aliphatic heterocycles. The zero-order chi connectivity index (χ0) is 12.3. The van der Waals surface area contributed by atoms with Gasteiger partial charge in [-0.3, -0.25) is 4.79 Å². The molecule has 2 unspecified atom stereocenters. The van der Waals surface area contributed by atoms with Crippen molar-refractivity contribution in [3.05, 3.63) is 23.8 Å². The van der Waals surface area contributed by atoms with Crippen molar-refractivity contribution < 1.29 is 4.79 Å². The Morgan fingerprint density at radius 3 is 2.62 bits per heavy atom. The van der Waals surface area contributed by atoms with Gasteiger partial charge in [0, 0.05) is 6.42 Å². The summed E-state index contributed by atoms with van der Waals surface area (Å²) in [6.07, 6.45) is 8.49. The van der Waals surface area contributed by atoms with Gasteiger partial charge in [-0.2, -0.15) is 0 Å². The molecular formula is C15H24O. The second-order valence-corrected chi connectivity index (χ2v) is 5.59. The lowest BCUT2D eigenvalue weighted by Gasteiger charge is -2.37. The van der Waals surface area contributed by atoms with Crippen LogP contribution in [-0.4, -0.2) is 5.78 Å². The van der Waals surface area contributed by atoms with Gasteiger partial charge in [-0.1, -0.05) is 45.9 Å². The minimum absolute atomic E-state index is 0.174. The molecule has 1 heteroatoms. The molecule has 90 valence electrons. The van der Waals surface area contributed by atoms with E-state index >= 15 is 0 Å². The van der Waals surface area contributed by atoms with Crippen molar-refractivity contribution in [2.24, 2.45) is 17.3 Å². The first-order valence-corrected chi connectivity index (χ1v) is 6.27. The van der Waals surface area contributed by atoms with Crippen LogP contribution in [0.15, 0.2) is 23.8 Å². The van der Waals surface area contributed by atoms with Crippen LogP contribution in [0, 0.1) is 17.3 Å². The molecule has 0 saturated carbocycles. The summed E-state index contributed by atoms with van der Waals surface area (Å²) in [5.74, 6) is 1.38. The zero-order valence-corrected chi connectivity index (χ0v) is 11.2. The van der Waals surface area contributed by atoms with Gasteiger partial charge in [0.15, 0.2) is 5.78 Å². The minimum Gasteiger partial charge on any atom is -0.295 e. The van der Waals surface area contributed by atoms with Crippen molar-refractivity contribution in [3.8, 4) is 0 Å². The molecule has 0 saturated heterocycles. The van der Waals surface area contributed by atoms with E-state index in [4.69, 9.17) is 0 Å². The molecule has 0 heterocycles. The highest BCUT2D eigenvalue weighted by atomic mass is 16.1. The van der Waals surface area contributed by atoms with Gasteiger partial charge in [-0.15, -0.1) is 0 Å². The molecule has 0 bridgehead atoms. The Balaban J connectivity index is 2.94. The molecule has 0 spiro atoms. The van der Waals surface area contributed by atoms with Gasteiger partial charge in [0.05, 0.1) is 0 Å². The van der Waals surface area contributed by atoms with Gasteiger partial charge >= 0.3 is 0 Å². The Bertz CT molecular complexity index is 320. The van der Waals surface area contributed by atoms with Crippen LogP contribution < -0.4 is 0 Å². The van der Waals surface area contributed by atoms with E-state index < -0.39 is 0 Å². The Labute approximate surface area is 99.6 Å². The number of ketones is 1. The number of rotatable bonds is 3. The molecule has 0 aromatic rings. The summed E-state index contributed by atoms with van der Waals surface area (Å²) in [7, 11) is 0. The molecule has 2 atom stereocenters. The van der Waals surface area contributed by atoms with E-state index in [1.54, 1.807) is 0 Å². The average molecular weight is 220 g/mol. The molecular weight excluding hydrogens is 196 g/mol. The van der Waals surface area contributed by atoms with E-state index in [-0.39, 0.29) is 11.2 Å². The lowest BCUT2D eigenvalue weighted by atomic mass is 9.67. The molecule has 0 radical (unpaired) electrons. The second kappa shape index (κ2) is 4.99. The first-order valence-electron chi connectivity index (χ1n) is 6.27. The van der Waals surface area contributed by atoms with Crippen LogP contribution >= 0.6 is 0 Å². The number of hydrogen-bond donors (Lipinski definition) is 0. The highest BCUT2D eigenvalue weighted by molar-refractivity contribution is 5.94. The minimum atomic E-state index is 0.174. The summed E-state index contributed by atoms with van der Waals surface area (Å²) < 4.78 is 0. The number of Topliss-reactive ketones (excluding diaryl/α,β-unsaturated/α-hetero) is 1. The maximum absolute atomic E-state index is 11.6. The van der Waals surface area contributed by atoms with Crippen LogP contribution in [0.2, 0.25) is 0 Å². The Kier molecular flexibility index (Phi) is 4.12. The Morgan fingerprint density at radius 1 is 1.50 bits per heavy atom. The predicted octanol–water partition coefficient (Wildman–Crippen LogP) is 4.15. The summed E-state index contributed by atoms with van der Waals surface area (Å²) in [6, 6.07) is 0. The molecule has 0 fully saturated rings. The van der Waals surface area contributed by atoms with Crippen molar-refractivity contribution in [2.45, 2.75) is 47.5 Å². The number of allylic oxidation sites excluding steroid dienone is 4. The molecule has 1 rings (SSSR count). The summed E-state index contributed by atoms with van der Waals surface area (Å²) in [5, 5.41) is 0. The normalized spacial score (nSPS) is 29.2. The fraction of sp³-hybridized carbons (Fsp3) is 0.667. The topological polar surface area (TPSA) is 17.1 Å². The van der Waals surface area contributed by atoms with Gasteiger partial charge in [0.2, 0.25) is 0 Å². The number of carbonyl (C=O) groups excluding carboxylic acids is 1. The highest BCUT2D eigenvalue weighted by Crippen LogP contribution is 2.41. The van der Waals surface area contributed by atoms with E-state index in [1.165, 1.54) is 0 Å². The Hall–Kier alpha value is -0.850. The lowest BCUT2D eigenvalue weighted by Crippen LogP contribution is -2.29. The SMILES string of the molecule is CCC(=O)/C(C)=C/C1C(C)CC=CC1(C)C. The third kappa shape index (κ3) is 2.84. The third-order valence-electron chi connectivity index (χ3n) is 3.72. The number of hydrogen-bond acceptors (Lipinski definition) is 1. The molecule has 1 nitrogen and oxygen atoms in total. The monoisotopic (exact) mass is 220 g/mol. The zero-order valence-electron chi connectivity index (χ0n) is 11.2. The van der Waals surface area contributed by atoms with Gasteiger partial charge < -0.3 is 0 Å². The van der Waals surface area contributed by atoms with E-state index in [9.17, 15) is 4.79 Å². The van der Waals surface area contributed by atoms with Crippen LogP contribution in [0.25, 0.3) is 0 Å². The van der Waals surface area contributed by atoms with E-state index in [1.807, 2.05) is 13.8 Å². The molecule has 1 aliphatic rings.